The van der Waals surface area contributed by atoms with Gasteiger partial charge in [0.05, 0.1) is 24.2 Å². The monoisotopic (exact) mass is 639 g/mol. The zero-order valence-corrected chi connectivity index (χ0v) is 27.9. The van der Waals surface area contributed by atoms with Gasteiger partial charge in [0.2, 0.25) is 0 Å². The third-order valence-corrected chi connectivity index (χ3v) is 9.70. The van der Waals surface area contributed by atoms with Crippen LogP contribution in [0.3, 0.4) is 0 Å². The number of hydrogen-bond donors (Lipinski definition) is 1. The van der Waals surface area contributed by atoms with Crippen molar-refractivity contribution in [1.82, 2.24) is 28.7 Å². The molecule has 1 N–H and O–H groups in total. The predicted molar refractivity (Wildman–Crippen MR) is 181 cm³/mol. The molecule has 46 heavy (non-hydrogen) atoms. The number of para-hydroxylation sites is 1. The highest BCUT2D eigenvalue weighted by Crippen LogP contribution is 2.39. The number of methoxy groups -OCH3 is 1. The van der Waals surface area contributed by atoms with Gasteiger partial charge in [0, 0.05) is 38.2 Å². The molecule has 0 radical (unpaired) electrons. The molecule has 0 aliphatic rings. The number of anilines is 1. The first-order chi connectivity index (χ1) is 22.1. The normalized spacial score (nSPS) is 12.6. The van der Waals surface area contributed by atoms with Crippen molar-refractivity contribution in [3.8, 4) is 22.6 Å². The number of fused-ring (bicyclic) bond motifs is 2. The van der Waals surface area contributed by atoms with E-state index in [2.05, 4.69) is 34.9 Å². The fourth-order valence-electron chi connectivity index (χ4n) is 5.58. The zero-order valence-electron chi connectivity index (χ0n) is 26.9. The third kappa shape index (κ3) is 6.05. The van der Waals surface area contributed by atoms with Crippen LogP contribution >= 0.6 is 0 Å². The average molecular weight is 640 g/mol. The number of nitrogens with one attached hydrogen (secondary N) is 1. The third-order valence-electron chi connectivity index (χ3n) is 8.00. The van der Waals surface area contributed by atoms with Gasteiger partial charge in [0.15, 0.2) is 5.82 Å². The lowest BCUT2D eigenvalue weighted by Gasteiger charge is -2.20. The number of ether oxygens (including phenoxy) is 2. The van der Waals surface area contributed by atoms with Crippen LogP contribution in [-0.2, 0) is 11.5 Å². The Labute approximate surface area is 267 Å². The van der Waals surface area contributed by atoms with Crippen molar-refractivity contribution < 1.29 is 13.9 Å². The second-order valence-electron chi connectivity index (χ2n) is 12.6. The molecule has 238 valence electrons. The smallest absolute Gasteiger partial charge is 0.282 e. The van der Waals surface area contributed by atoms with E-state index in [1.165, 1.54) is 18.5 Å². The van der Waals surface area contributed by atoms with Crippen LogP contribution < -0.4 is 15.6 Å². The maximum absolute atomic E-state index is 14.7. The van der Waals surface area contributed by atoms with Gasteiger partial charge >= 0.3 is 0 Å². The summed E-state index contributed by atoms with van der Waals surface area (Å²) in [6.45, 7) is 11.6. The van der Waals surface area contributed by atoms with Crippen molar-refractivity contribution in [2.75, 3.05) is 19.0 Å². The van der Waals surface area contributed by atoms with Crippen LogP contribution in [0.15, 0.2) is 78.1 Å². The number of benzene rings is 2. The van der Waals surface area contributed by atoms with Crippen LogP contribution in [0.1, 0.15) is 24.4 Å². The van der Waals surface area contributed by atoms with Crippen LogP contribution in [0.5, 0.6) is 5.75 Å². The standard InChI is InChI=1S/C34H38FN7O3Si/c1-22-14-15-41-30(22)34(43)42(25-10-8-7-9-11-25)32(39-41)23(2)38-31-29-27(26-18-24(35)12-13-28(26)44-3)19-40(33(29)37-20-36-31)21-45-16-17-46(4,5)6/h7-15,18-20,23H,16-17,21H2,1-6H3,(H,36,37,38). The molecule has 12 heteroatoms. The second-order valence-corrected chi connectivity index (χ2v) is 18.2. The minimum absolute atomic E-state index is 0.174. The van der Waals surface area contributed by atoms with E-state index in [0.717, 1.165) is 11.6 Å². The average Bonchev–Trinajstić information content (AvgIpc) is 3.60. The maximum atomic E-state index is 14.7. The summed E-state index contributed by atoms with van der Waals surface area (Å²) >= 11 is 0. The summed E-state index contributed by atoms with van der Waals surface area (Å²) in [7, 11) is 0.272. The Morgan fingerprint density at radius 2 is 1.83 bits per heavy atom. The molecule has 6 rings (SSSR count). The number of rotatable bonds is 11. The maximum Gasteiger partial charge on any atom is 0.282 e. The van der Waals surface area contributed by atoms with Gasteiger partial charge < -0.3 is 19.4 Å². The fraction of sp³-hybridized carbons (Fsp3) is 0.294. The van der Waals surface area contributed by atoms with Crippen molar-refractivity contribution in [2.45, 2.75) is 52.3 Å². The van der Waals surface area contributed by atoms with E-state index in [1.807, 2.05) is 61.0 Å². The molecule has 0 saturated heterocycles. The van der Waals surface area contributed by atoms with Gasteiger partial charge in [-0.25, -0.2) is 18.9 Å². The van der Waals surface area contributed by atoms with Gasteiger partial charge in [0.1, 0.15) is 41.6 Å². The summed E-state index contributed by atoms with van der Waals surface area (Å²) in [5.74, 6) is 1.10. The Balaban J connectivity index is 1.48. The Morgan fingerprint density at radius 3 is 2.57 bits per heavy atom. The van der Waals surface area contributed by atoms with Gasteiger partial charge in [-0.1, -0.05) is 37.8 Å². The summed E-state index contributed by atoms with van der Waals surface area (Å²) in [5.41, 5.74) is 3.73. The lowest BCUT2D eigenvalue weighted by atomic mass is 10.0. The summed E-state index contributed by atoms with van der Waals surface area (Å²) in [5, 5.41) is 9.05. The van der Waals surface area contributed by atoms with E-state index >= 15 is 0 Å². The molecule has 6 aromatic rings. The molecule has 0 amide bonds. The molecule has 4 aromatic heterocycles. The van der Waals surface area contributed by atoms with Crippen LogP contribution in [0.4, 0.5) is 10.2 Å². The van der Waals surface area contributed by atoms with Crippen molar-refractivity contribution in [1.29, 1.82) is 0 Å². The molecular weight excluding hydrogens is 602 g/mol. The summed E-state index contributed by atoms with van der Waals surface area (Å²) in [4.78, 5) is 23.2. The zero-order chi connectivity index (χ0) is 32.6. The molecule has 0 aliphatic carbocycles. The highest BCUT2D eigenvalue weighted by atomic mass is 28.3. The molecule has 0 aliphatic heterocycles. The number of nitrogens with zero attached hydrogens (tertiary/aromatic N) is 6. The topological polar surface area (TPSA) is 100 Å². The second kappa shape index (κ2) is 12.5. The number of aryl methyl sites for hydroxylation is 1. The van der Waals surface area contributed by atoms with Crippen LogP contribution in [-0.4, -0.2) is 50.5 Å². The van der Waals surface area contributed by atoms with Gasteiger partial charge in [0.25, 0.3) is 5.56 Å². The molecule has 1 atom stereocenters. The first kappa shape index (κ1) is 31.2. The first-order valence-electron chi connectivity index (χ1n) is 15.2. The Morgan fingerprint density at radius 1 is 1.04 bits per heavy atom. The van der Waals surface area contributed by atoms with E-state index in [1.54, 1.807) is 28.5 Å². The number of aromatic nitrogens is 6. The van der Waals surface area contributed by atoms with E-state index < -0.39 is 19.9 Å². The molecule has 0 fully saturated rings. The van der Waals surface area contributed by atoms with E-state index in [9.17, 15) is 9.18 Å². The Bertz CT molecular complexity index is 2080. The molecule has 1 unspecified atom stereocenters. The van der Waals surface area contributed by atoms with Crippen molar-refractivity contribution in [3.05, 3.63) is 101 Å². The highest BCUT2D eigenvalue weighted by molar-refractivity contribution is 6.76. The van der Waals surface area contributed by atoms with Crippen molar-refractivity contribution in [3.63, 3.8) is 0 Å². The molecule has 10 nitrogen and oxygen atoms in total. The van der Waals surface area contributed by atoms with E-state index in [4.69, 9.17) is 14.6 Å². The Kier molecular flexibility index (Phi) is 8.49. The minimum atomic E-state index is -1.28. The largest absolute Gasteiger partial charge is 0.496 e. The van der Waals surface area contributed by atoms with Gasteiger partial charge in [-0.15, -0.1) is 0 Å². The molecule has 0 bridgehead atoms. The predicted octanol–water partition coefficient (Wildman–Crippen LogP) is 6.84. The van der Waals surface area contributed by atoms with Gasteiger partial charge in [-0.05, 0) is 61.9 Å². The molecular formula is C34H38FN7O3Si. The van der Waals surface area contributed by atoms with Crippen LogP contribution in [0.2, 0.25) is 25.7 Å². The summed E-state index contributed by atoms with van der Waals surface area (Å²) in [6.07, 6.45) is 5.17. The minimum Gasteiger partial charge on any atom is -0.496 e. The first-order valence-corrected chi connectivity index (χ1v) is 18.9. The summed E-state index contributed by atoms with van der Waals surface area (Å²) in [6, 6.07) is 16.3. The van der Waals surface area contributed by atoms with E-state index in [-0.39, 0.29) is 12.3 Å². The van der Waals surface area contributed by atoms with Crippen LogP contribution in [0, 0.1) is 12.7 Å². The van der Waals surface area contributed by atoms with E-state index in [0.29, 0.717) is 57.4 Å². The highest BCUT2D eigenvalue weighted by Gasteiger charge is 2.24. The van der Waals surface area contributed by atoms with Gasteiger partial charge in [-0.2, -0.15) is 5.10 Å². The number of hydrogen-bond acceptors (Lipinski definition) is 7. The molecule has 4 heterocycles. The fourth-order valence-corrected chi connectivity index (χ4v) is 6.33. The molecule has 0 saturated carbocycles. The SMILES string of the molecule is COc1ccc(F)cc1-c1cn(COCC[Si](C)(C)C)c2ncnc(NC(C)c3nn4ccc(C)c4c(=O)n3-c3ccccc3)c12. The quantitative estimate of drug-likeness (QED) is 0.122. The lowest BCUT2D eigenvalue weighted by molar-refractivity contribution is 0.0899. The molecule has 2 aromatic carbocycles. The van der Waals surface area contributed by atoms with Crippen molar-refractivity contribution in [2.24, 2.45) is 0 Å². The van der Waals surface area contributed by atoms with Crippen LogP contribution in [0.25, 0.3) is 33.4 Å². The van der Waals surface area contributed by atoms with Crippen molar-refractivity contribution >= 4 is 30.4 Å². The summed E-state index contributed by atoms with van der Waals surface area (Å²) < 4.78 is 31.6. The lowest BCUT2D eigenvalue weighted by Crippen LogP contribution is -2.29. The Hall–Kier alpha value is -4.81. The van der Waals surface area contributed by atoms with Gasteiger partial charge in [-0.3, -0.25) is 9.36 Å². The molecule has 0 spiro atoms. The number of halogens is 1.